The van der Waals surface area contributed by atoms with Crippen LogP contribution >= 0.6 is 11.6 Å². The Kier molecular flexibility index (Phi) is 6.44. The standard InChI is InChI=1S/C29H25ClN4O2/c1-18-7-12-27-24(13-18)25(29(35)31-16-20-5-4-6-21(30)14-20)15-28(33-27)26-17-32-34(19(26)2)22-8-10-23(36-3)11-9-22/h4-15,17H,16H2,1-3H3,(H,31,35). The summed E-state index contributed by atoms with van der Waals surface area (Å²) in [7, 11) is 1.64. The highest BCUT2D eigenvalue weighted by molar-refractivity contribution is 6.30. The number of hydrogen-bond acceptors (Lipinski definition) is 4. The van der Waals surface area contributed by atoms with E-state index in [4.69, 9.17) is 21.3 Å². The summed E-state index contributed by atoms with van der Waals surface area (Å²) in [6.07, 6.45) is 1.79. The van der Waals surface area contributed by atoms with Crippen molar-refractivity contribution in [3.63, 3.8) is 0 Å². The van der Waals surface area contributed by atoms with Crippen LogP contribution in [0.3, 0.4) is 0 Å². The SMILES string of the molecule is COc1ccc(-n2ncc(-c3cc(C(=O)NCc4cccc(Cl)c4)c4cc(C)ccc4n3)c2C)cc1. The van der Waals surface area contributed by atoms with Crippen molar-refractivity contribution in [2.75, 3.05) is 7.11 Å². The number of halogens is 1. The zero-order valence-electron chi connectivity index (χ0n) is 20.2. The molecule has 1 amide bonds. The van der Waals surface area contributed by atoms with Crippen molar-refractivity contribution < 1.29 is 9.53 Å². The average molecular weight is 497 g/mol. The fourth-order valence-electron chi connectivity index (χ4n) is 4.23. The van der Waals surface area contributed by atoms with Crippen LogP contribution in [-0.2, 0) is 6.54 Å². The van der Waals surface area contributed by atoms with Crippen molar-refractivity contribution in [1.82, 2.24) is 20.1 Å². The predicted molar refractivity (Wildman–Crippen MR) is 143 cm³/mol. The molecule has 3 aromatic carbocycles. The second-order valence-electron chi connectivity index (χ2n) is 8.64. The van der Waals surface area contributed by atoms with Crippen LogP contribution in [0.2, 0.25) is 5.02 Å². The van der Waals surface area contributed by atoms with Crippen molar-refractivity contribution in [2.24, 2.45) is 0 Å². The third kappa shape index (κ3) is 4.68. The number of hydrogen-bond donors (Lipinski definition) is 1. The van der Waals surface area contributed by atoms with Gasteiger partial charge in [0.1, 0.15) is 5.75 Å². The van der Waals surface area contributed by atoms with E-state index in [-0.39, 0.29) is 5.91 Å². The fraction of sp³-hybridized carbons (Fsp3) is 0.138. The molecule has 0 fully saturated rings. The van der Waals surface area contributed by atoms with Gasteiger partial charge in [-0.3, -0.25) is 4.79 Å². The number of carbonyl (C=O) groups excluding carboxylic acids is 1. The van der Waals surface area contributed by atoms with Crippen molar-refractivity contribution in [2.45, 2.75) is 20.4 Å². The van der Waals surface area contributed by atoms with Crippen LogP contribution in [0, 0.1) is 13.8 Å². The van der Waals surface area contributed by atoms with Crippen molar-refractivity contribution in [1.29, 1.82) is 0 Å². The minimum atomic E-state index is -0.172. The van der Waals surface area contributed by atoms with Gasteiger partial charge in [-0.05, 0) is 74.0 Å². The van der Waals surface area contributed by atoms with Gasteiger partial charge in [0.2, 0.25) is 0 Å². The van der Waals surface area contributed by atoms with Gasteiger partial charge in [0, 0.05) is 22.5 Å². The van der Waals surface area contributed by atoms with Gasteiger partial charge >= 0.3 is 0 Å². The summed E-state index contributed by atoms with van der Waals surface area (Å²) >= 11 is 6.10. The van der Waals surface area contributed by atoms with Gasteiger partial charge in [-0.25, -0.2) is 9.67 Å². The Hall–Kier alpha value is -4.16. The number of nitrogens with zero attached hydrogens (tertiary/aromatic N) is 3. The molecule has 180 valence electrons. The third-order valence-corrected chi connectivity index (χ3v) is 6.39. The van der Waals surface area contributed by atoms with Crippen LogP contribution in [-0.4, -0.2) is 27.8 Å². The van der Waals surface area contributed by atoms with E-state index < -0.39 is 0 Å². The van der Waals surface area contributed by atoms with Crippen molar-refractivity contribution >= 4 is 28.4 Å². The van der Waals surface area contributed by atoms with Crippen molar-refractivity contribution in [3.05, 3.63) is 106 Å². The summed E-state index contributed by atoms with van der Waals surface area (Å²) < 4.78 is 7.12. The maximum Gasteiger partial charge on any atom is 0.252 e. The summed E-state index contributed by atoms with van der Waals surface area (Å²) in [6.45, 7) is 4.37. The molecule has 7 heteroatoms. The van der Waals surface area contributed by atoms with E-state index in [1.54, 1.807) is 13.3 Å². The summed E-state index contributed by atoms with van der Waals surface area (Å²) in [4.78, 5) is 18.3. The van der Waals surface area contributed by atoms with Crippen LogP contribution in [0.5, 0.6) is 5.75 Å². The Labute approximate surface area is 214 Å². The van der Waals surface area contributed by atoms with Gasteiger partial charge in [0.15, 0.2) is 0 Å². The summed E-state index contributed by atoms with van der Waals surface area (Å²) in [5.74, 6) is 0.609. The Morgan fingerprint density at radius 1 is 1.03 bits per heavy atom. The molecule has 0 spiro atoms. The van der Waals surface area contributed by atoms with E-state index in [1.165, 1.54) is 0 Å². The number of amides is 1. The van der Waals surface area contributed by atoms with Crippen LogP contribution in [0.1, 0.15) is 27.2 Å². The molecule has 5 aromatic rings. The summed E-state index contributed by atoms with van der Waals surface area (Å²) in [5.41, 5.74) is 6.69. The van der Waals surface area contributed by atoms with E-state index in [9.17, 15) is 4.79 Å². The first-order valence-corrected chi connectivity index (χ1v) is 11.9. The van der Waals surface area contributed by atoms with E-state index in [2.05, 4.69) is 10.4 Å². The lowest BCUT2D eigenvalue weighted by atomic mass is 10.0. The largest absolute Gasteiger partial charge is 0.497 e. The molecule has 1 N–H and O–H groups in total. The van der Waals surface area contributed by atoms with Gasteiger partial charge in [0.05, 0.1) is 41.5 Å². The number of benzene rings is 3. The number of pyridine rings is 1. The van der Waals surface area contributed by atoms with Gasteiger partial charge in [-0.2, -0.15) is 5.10 Å². The number of carbonyl (C=O) groups is 1. The van der Waals surface area contributed by atoms with Gasteiger partial charge in [0.25, 0.3) is 5.91 Å². The number of aryl methyl sites for hydroxylation is 1. The zero-order chi connectivity index (χ0) is 25.2. The van der Waals surface area contributed by atoms with E-state index in [1.807, 2.05) is 91.3 Å². The Balaban J connectivity index is 1.53. The second-order valence-corrected chi connectivity index (χ2v) is 9.08. The lowest BCUT2D eigenvalue weighted by Gasteiger charge is -2.12. The first kappa shape index (κ1) is 23.6. The fourth-order valence-corrected chi connectivity index (χ4v) is 4.45. The van der Waals surface area contributed by atoms with E-state index in [0.29, 0.717) is 22.8 Å². The zero-order valence-corrected chi connectivity index (χ0v) is 21.0. The Morgan fingerprint density at radius 2 is 1.83 bits per heavy atom. The van der Waals surface area contributed by atoms with Crippen molar-refractivity contribution in [3.8, 4) is 22.7 Å². The van der Waals surface area contributed by atoms with Crippen LogP contribution in [0.4, 0.5) is 0 Å². The molecule has 0 aliphatic carbocycles. The third-order valence-electron chi connectivity index (χ3n) is 6.15. The molecule has 0 bridgehead atoms. The molecule has 6 nitrogen and oxygen atoms in total. The maximum absolute atomic E-state index is 13.4. The number of fused-ring (bicyclic) bond motifs is 1. The number of nitrogens with one attached hydrogen (secondary N) is 1. The quantitative estimate of drug-likeness (QED) is 0.299. The topological polar surface area (TPSA) is 69.0 Å². The molecule has 36 heavy (non-hydrogen) atoms. The normalized spacial score (nSPS) is 11.0. The van der Waals surface area contributed by atoms with Gasteiger partial charge in [-0.1, -0.05) is 35.4 Å². The number of ether oxygens (including phenoxy) is 1. The smallest absolute Gasteiger partial charge is 0.252 e. The Bertz CT molecular complexity index is 1570. The molecule has 2 heterocycles. The molecule has 0 saturated carbocycles. The summed E-state index contributed by atoms with van der Waals surface area (Å²) in [5, 5.41) is 9.07. The highest BCUT2D eigenvalue weighted by atomic mass is 35.5. The lowest BCUT2D eigenvalue weighted by Crippen LogP contribution is -2.23. The molecule has 0 unspecified atom stereocenters. The molecule has 0 aliphatic heterocycles. The van der Waals surface area contributed by atoms with Gasteiger partial charge < -0.3 is 10.1 Å². The van der Waals surface area contributed by atoms with Crippen LogP contribution < -0.4 is 10.1 Å². The molecule has 2 aromatic heterocycles. The van der Waals surface area contributed by atoms with Crippen LogP contribution in [0.25, 0.3) is 27.8 Å². The first-order valence-electron chi connectivity index (χ1n) is 11.6. The Morgan fingerprint density at radius 3 is 2.58 bits per heavy atom. The molecule has 0 atom stereocenters. The summed E-state index contributed by atoms with van der Waals surface area (Å²) in [6, 6.07) is 23.0. The highest BCUT2D eigenvalue weighted by Gasteiger charge is 2.18. The monoisotopic (exact) mass is 496 g/mol. The maximum atomic E-state index is 13.4. The highest BCUT2D eigenvalue weighted by Crippen LogP contribution is 2.29. The number of rotatable bonds is 6. The van der Waals surface area contributed by atoms with Crippen LogP contribution in [0.15, 0.2) is 79.0 Å². The van der Waals surface area contributed by atoms with Gasteiger partial charge in [-0.15, -0.1) is 0 Å². The average Bonchev–Trinajstić information content (AvgIpc) is 3.28. The molecule has 5 rings (SSSR count). The molecule has 0 aliphatic rings. The minimum Gasteiger partial charge on any atom is -0.497 e. The second kappa shape index (κ2) is 9.84. The molecule has 0 saturated heterocycles. The number of methoxy groups -OCH3 is 1. The first-order chi connectivity index (χ1) is 17.4. The number of aromatic nitrogens is 3. The molecular formula is C29H25ClN4O2. The van der Waals surface area contributed by atoms with E-state index >= 15 is 0 Å². The molecular weight excluding hydrogens is 472 g/mol. The lowest BCUT2D eigenvalue weighted by molar-refractivity contribution is 0.0952. The van der Waals surface area contributed by atoms with E-state index in [0.717, 1.165) is 44.7 Å². The minimum absolute atomic E-state index is 0.172. The predicted octanol–water partition coefficient (Wildman–Crippen LogP) is 6.30. The molecule has 0 radical (unpaired) electrons.